The van der Waals surface area contributed by atoms with Crippen molar-refractivity contribution in [3.63, 3.8) is 0 Å². The summed E-state index contributed by atoms with van der Waals surface area (Å²) in [6.45, 7) is 2.79. The minimum absolute atomic E-state index is 0.216. The van der Waals surface area contributed by atoms with Crippen LogP contribution in [0.15, 0.2) is 0 Å². The first kappa shape index (κ1) is 16.8. The number of methoxy groups -OCH3 is 1. The minimum atomic E-state index is -0.512. The lowest BCUT2D eigenvalue weighted by molar-refractivity contribution is -0.124. The van der Waals surface area contributed by atoms with E-state index in [9.17, 15) is 4.79 Å². The van der Waals surface area contributed by atoms with Crippen LogP contribution < -0.4 is 11.1 Å². The van der Waals surface area contributed by atoms with Crippen LogP contribution in [0.3, 0.4) is 0 Å². The van der Waals surface area contributed by atoms with Crippen molar-refractivity contribution in [1.82, 2.24) is 5.32 Å². The van der Waals surface area contributed by atoms with Gasteiger partial charge in [-0.25, -0.2) is 0 Å². The van der Waals surface area contributed by atoms with Crippen LogP contribution in [0, 0.1) is 0 Å². The van der Waals surface area contributed by atoms with Crippen LogP contribution in [0.2, 0.25) is 0 Å². The van der Waals surface area contributed by atoms with Crippen molar-refractivity contribution < 1.29 is 9.53 Å². The molecule has 1 saturated carbocycles. The Labute approximate surface area is 121 Å². The Morgan fingerprint density at radius 3 is 2.63 bits per heavy atom. The van der Waals surface area contributed by atoms with E-state index in [0.29, 0.717) is 6.04 Å². The molecule has 19 heavy (non-hydrogen) atoms. The van der Waals surface area contributed by atoms with Crippen LogP contribution in [0.5, 0.6) is 0 Å². The molecule has 1 unspecified atom stereocenters. The lowest BCUT2D eigenvalue weighted by atomic mass is 9.94. The van der Waals surface area contributed by atoms with Crippen LogP contribution >= 0.6 is 11.8 Å². The Hall–Kier alpha value is -0.260. The van der Waals surface area contributed by atoms with Gasteiger partial charge in [-0.1, -0.05) is 6.42 Å². The van der Waals surface area contributed by atoms with Gasteiger partial charge >= 0.3 is 0 Å². The van der Waals surface area contributed by atoms with Gasteiger partial charge in [-0.2, -0.15) is 11.8 Å². The van der Waals surface area contributed by atoms with Gasteiger partial charge in [-0.3, -0.25) is 4.79 Å². The third kappa shape index (κ3) is 7.18. The molecule has 112 valence electrons. The van der Waals surface area contributed by atoms with Crippen molar-refractivity contribution in [2.24, 2.45) is 5.73 Å². The molecule has 0 aromatic heterocycles. The van der Waals surface area contributed by atoms with Crippen molar-refractivity contribution >= 4 is 17.7 Å². The number of hydrogen-bond acceptors (Lipinski definition) is 4. The molecule has 1 aliphatic rings. The van der Waals surface area contributed by atoms with E-state index in [1.165, 1.54) is 12.8 Å². The summed E-state index contributed by atoms with van der Waals surface area (Å²) in [6.07, 6.45) is 6.51. The molecule has 0 heterocycles. The van der Waals surface area contributed by atoms with Crippen molar-refractivity contribution in [3.8, 4) is 0 Å². The highest BCUT2D eigenvalue weighted by molar-refractivity contribution is 7.99. The standard InChI is InChI=1S/C14H28N2O2S/c1-14(13(15)17,16-12-6-7-12)8-3-4-10-19-11-5-9-18-2/h12,16H,3-11H2,1-2H3,(H2,15,17). The second-order valence-corrected chi connectivity index (χ2v) is 6.76. The van der Waals surface area contributed by atoms with Gasteiger partial charge in [0.15, 0.2) is 0 Å². The molecule has 0 aromatic rings. The predicted molar refractivity (Wildman–Crippen MR) is 81.4 cm³/mol. The number of nitrogens with two attached hydrogens (primary N) is 1. The van der Waals surface area contributed by atoms with Crippen LogP contribution in [0.25, 0.3) is 0 Å². The Morgan fingerprint density at radius 1 is 1.37 bits per heavy atom. The summed E-state index contributed by atoms with van der Waals surface area (Å²) in [7, 11) is 1.74. The van der Waals surface area contributed by atoms with Crippen molar-refractivity contribution in [3.05, 3.63) is 0 Å². The smallest absolute Gasteiger partial charge is 0.237 e. The SMILES string of the molecule is COCCCSCCCCC(C)(NC1CC1)C(N)=O. The Bertz CT molecular complexity index is 272. The molecule has 0 bridgehead atoms. The van der Waals surface area contributed by atoms with Gasteiger partial charge in [0.05, 0.1) is 5.54 Å². The molecule has 1 atom stereocenters. The number of nitrogens with one attached hydrogen (secondary N) is 1. The number of ether oxygens (including phenoxy) is 1. The number of carbonyl (C=O) groups is 1. The van der Waals surface area contributed by atoms with Gasteiger partial charge < -0.3 is 15.8 Å². The third-order valence-electron chi connectivity index (χ3n) is 3.50. The Balaban J connectivity index is 2.06. The van der Waals surface area contributed by atoms with Crippen molar-refractivity contribution in [2.45, 2.75) is 57.0 Å². The fourth-order valence-electron chi connectivity index (χ4n) is 2.03. The van der Waals surface area contributed by atoms with E-state index < -0.39 is 5.54 Å². The van der Waals surface area contributed by atoms with Gasteiger partial charge in [0.25, 0.3) is 0 Å². The highest BCUT2D eigenvalue weighted by Crippen LogP contribution is 2.25. The number of unbranched alkanes of at least 4 members (excludes halogenated alkanes) is 1. The lowest BCUT2D eigenvalue weighted by Gasteiger charge is -2.27. The zero-order valence-corrected chi connectivity index (χ0v) is 13.1. The summed E-state index contributed by atoms with van der Waals surface area (Å²) in [6, 6.07) is 0.515. The summed E-state index contributed by atoms with van der Waals surface area (Å²) < 4.78 is 5.01. The molecule has 3 N–H and O–H groups in total. The number of carbonyl (C=O) groups excluding carboxylic acids is 1. The van der Waals surface area contributed by atoms with Crippen LogP contribution in [0.1, 0.15) is 45.4 Å². The molecule has 1 fully saturated rings. The molecular formula is C14H28N2O2S. The zero-order chi connectivity index (χ0) is 14.1. The first-order valence-electron chi connectivity index (χ1n) is 7.23. The monoisotopic (exact) mass is 288 g/mol. The predicted octanol–water partition coefficient (Wildman–Crippen LogP) is 1.92. The summed E-state index contributed by atoms with van der Waals surface area (Å²) in [4.78, 5) is 11.6. The third-order valence-corrected chi connectivity index (χ3v) is 4.65. The quantitative estimate of drug-likeness (QED) is 0.539. The van der Waals surface area contributed by atoms with E-state index in [1.54, 1.807) is 7.11 Å². The maximum atomic E-state index is 11.6. The Morgan fingerprint density at radius 2 is 2.05 bits per heavy atom. The second kappa shape index (κ2) is 8.82. The summed E-state index contributed by atoms with van der Waals surface area (Å²) in [5, 5.41) is 3.39. The van der Waals surface area contributed by atoms with Crippen LogP contribution in [-0.4, -0.2) is 42.7 Å². The summed E-state index contributed by atoms with van der Waals surface area (Å²) >= 11 is 1.96. The fraction of sp³-hybridized carbons (Fsp3) is 0.929. The topological polar surface area (TPSA) is 64.3 Å². The molecule has 4 nitrogen and oxygen atoms in total. The molecule has 0 saturated heterocycles. The molecule has 1 amide bonds. The zero-order valence-electron chi connectivity index (χ0n) is 12.2. The van der Waals surface area contributed by atoms with Gasteiger partial charge in [-0.05, 0) is 50.5 Å². The molecule has 1 aliphatic carbocycles. The van der Waals surface area contributed by atoms with Crippen LogP contribution in [0.4, 0.5) is 0 Å². The summed E-state index contributed by atoms with van der Waals surface area (Å²) in [5.74, 6) is 2.09. The normalized spacial score (nSPS) is 18.2. The van der Waals surface area contributed by atoms with E-state index in [1.807, 2.05) is 18.7 Å². The second-order valence-electron chi connectivity index (χ2n) is 5.53. The van der Waals surface area contributed by atoms with E-state index in [4.69, 9.17) is 10.5 Å². The van der Waals surface area contributed by atoms with Gasteiger partial charge in [0.2, 0.25) is 5.91 Å². The number of primary amides is 1. The maximum Gasteiger partial charge on any atom is 0.237 e. The molecule has 1 rings (SSSR count). The van der Waals surface area contributed by atoms with Gasteiger partial charge in [0, 0.05) is 19.8 Å². The highest BCUT2D eigenvalue weighted by atomic mass is 32.2. The molecule has 0 spiro atoms. The minimum Gasteiger partial charge on any atom is -0.385 e. The van der Waals surface area contributed by atoms with E-state index >= 15 is 0 Å². The molecule has 0 radical (unpaired) electrons. The summed E-state index contributed by atoms with van der Waals surface area (Å²) in [5.41, 5.74) is 5.01. The number of amides is 1. The average Bonchev–Trinajstić information content (AvgIpc) is 3.16. The average molecular weight is 288 g/mol. The molecule has 0 aliphatic heterocycles. The molecule has 0 aromatic carbocycles. The van der Waals surface area contributed by atoms with Crippen LogP contribution in [-0.2, 0) is 9.53 Å². The first-order chi connectivity index (χ1) is 9.08. The highest BCUT2D eigenvalue weighted by Gasteiger charge is 2.36. The first-order valence-corrected chi connectivity index (χ1v) is 8.38. The van der Waals surface area contributed by atoms with Gasteiger partial charge in [-0.15, -0.1) is 0 Å². The number of rotatable bonds is 12. The fourth-order valence-corrected chi connectivity index (χ4v) is 2.97. The number of hydrogen-bond donors (Lipinski definition) is 2. The Kier molecular flexibility index (Phi) is 7.80. The van der Waals surface area contributed by atoms with E-state index in [-0.39, 0.29) is 5.91 Å². The largest absolute Gasteiger partial charge is 0.385 e. The van der Waals surface area contributed by atoms with E-state index in [0.717, 1.165) is 43.8 Å². The van der Waals surface area contributed by atoms with Crippen molar-refractivity contribution in [2.75, 3.05) is 25.2 Å². The molecule has 5 heteroatoms. The van der Waals surface area contributed by atoms with Crippen molar-refractivity contribution in [1.29, 1.82) is 0 Å². The molecular weight excluding hydrogens is 260 g/mol. The van der Waals surface area contributed by atoms with Gasteiger partial charge in [0.1, 0.15) is 0 Å². The van der Waals surface area contributed by atoms with E-state index in [2.05, 4.69) is 5.32 Å². The lowest BCUT2D eigenvalue weighted by Crippen LogP contribution is -2.53. The number of thioether (sulfide) groups is 1. The maximum absolute atomic E-state index is 11.6.